The lowest BCUT2D eigenvalue weighted by Gasteiger charge is -2.34. The largest absolute Gasteiger partial charge is 0.464 e. The summed E-state index contributed by atoms with van der Waals surface area (Å²) in [7, 11) is 0. The maximum absolute atomic E-state index is 12.4. The van der Waals surface area contributed by atoms with E-state index in [1.165, 1.54) is 6.21 Å². The maximum Gasteiger partial charge on any atom is 0.415 e. The van der Waals surface area contributed by atoms with Crippen molar-refractivity contribution in [2.75, 3.05) is 6.61 Å². The molecular formula is C15H19N3O4. The number of esters is 1. The summed E-state index contributed by atoms with van der Waals surface area (Å²) < 4.78 is 10.4. The predicted molar refractivity (Wildman–Crippen MR) is 81.6 cm³/mol. The number of carbonyl (C=O) groups excluding carboxylic acids is 2. The van der Waals surface area contributed by atoms with Crippen LogP contribution in [0.15, 0.2) is 34.1 Å². The van der Waals surface area contributed by atoms with Crippen molar-refractivity contribution in [2.45, 2.75) is 39.3 Å². The molecule has 0 saturated heterocycles. The number of amides is 1. The summed E-state index contributed by atoms with van der Waals surface area (Å²) in [4.78, 5) is 25.8. The zero-order chi connectivity index (χ0) is 16.5. The molecule has 0 fully saturated rings. The van der Waals surface area contributed by atoms with E-state index in [-0.39, 0.29) is 12.3 Å². The fraction of sp³-hybridized carbons (Fsp3) is 0.467. The van der Waals surface area contributed by atoms with E-state index in [2.05, 4.69) is 16.8 Å². The summed E-state index contributed by atoms with van der Waals surface area (Å²) in [6.07, 6.45) is 2.41. The molecule has 0 aromatic carbocycles. The number of nitrogens with zero attached hydrogens (tertiary/aromatic N) is 3. The van der Waals surface area contributed by atoms with Crippen LogP contribution in [0.25, 0.3) is 0 Å². The van der Waals surface area contributed by atoms with E-state index < -0.39 is 23.7 Å². The number of hydrogen-bond donors (Lipinski definition) is 0. The summed E-state index contributed by atoms with van der Waals surface area (Å²) in [5.41, 5.74) is 0.658. The molecule has 0 bridgehead atoms. The first-order valence-electron chi connectivity index (χ1n) is 6.96. The molecule has 0 aliphatic carbocycles. The molecular weight excluding hydrogens is 286 g/mol. The number of ether oxygens (including phenoxy) is 2. The molecule has 2 heterocycles. The minimum absolute atomic E-state index is 0.210. The first-order chi connectivity index (χ1) is 10.2. The van der Waals surface area contributed by atoms with Crippen LogP contribution in [0.2, 0.25) is 0 Å². The molecule has 7 nitrogen and oxygen atoms in total. The molecule has 1 unspecified atom stereocenters. The molecule has 2 aliphatic rings. The molecule has 0 spiro atoms. The smallest absolute Gasteiger partial charge is 0.415 e. The molecule has 0 radical (unpaired) electrons. The Morgan fingerprint density at radius 1 is 1.41 bits per heavy atom. The Morgan fingerprint density at radius 3 is 2.68 bits per heavy atom. The first-order valence-corrected chi connectivity index (χ1v) is 6.96. The molecule has 2 rings (SSSR count). The van der Waals surface area contributed by atoms with Crippen molar-refractivity contribution in [1.82, 2.24) is 4.90 Å². The van der Waals surface area contributed by atoms with Crippen molar-refractivity contribution < 1.29 is 19.1 Å². The molecule has 0 N–H and O–H groups in total. The van der Waals surface area contributed by atoms with Gasteiger partial charge in [0.05, 0.1) is 18.5 Å². The van der Waals surface area contributed by atoms with Crippen LogP contribution < -0.4 is 0 Å². The van der Waals surface area contributed by atoms with Crippen LogP contribution in [0.3, 0.4) is 0 Å². The SMILES string of the molecule is C=C1C2=NN=CC2=CC(C(=O)OCC)N1C(=O)OC(C)(C)C. The standard InChI is InChI=1S/C15H19N3O4/c1-6-21-13(19)11-7-10-8-16-17-12(10)9(2)18(11)14(20)22-15(3,4)5/h7-8,11H,2,6H2,1,3-5H3. The number of rotatable bonds is 2. The minimum Gasteiger partial charge on any atom is -0.464 e. The molecule has 118 valence electrons. The van der Waals surface area contributed by atoms with Crippen molar-refractivity contribution in [3.05, 3.63) is 23.9 Å². The Bertz CT molecular complexity index is 611. The summed E-state index contributed by atoms with van der Waals surface area (Å²) in [5, 5.41) is 7.71. The lowest BCUT2D eigenvalue weighted by Crippen LogP contribution is -2.50. The van der Waals surface area contributed by atoms with Crippen LogP contribution in [0.1, 0.15) is 27.7 Å². The van der Waals surface area contributed by atoms with Crippen molar-refractivity contribution in [2.24, 2.45) is 10.2 Å². The maximum atomic E-state index is 12.4. The molecule has 0 saturated carbocycles. The van der Waals surface area contributed by atoms with Gasteiger partial charge in [0.25, 0.3) is 0 Å². The highest BCUT2D eigenvalue weighted by Crippen LogP contribution is 2.27. The molecule has 1 atom stereocenters. The van der Waals surface area contributed by atoms with E-state index in [9.17, 15) is 9.59 Å². The Balaban J connectivity index is 2.37. The highest BCUT2D eigenvalue weighted by atomic mass is 16.6. The van der Waals surface area contributed by atoms with Gasteiger partial charge in [-0.25, -0.2) is 9.59 Å². The van der Waals surface area contributed by atoms with E-state index in [0.717, 1.165) is 4.90 Å². The molecule has 22 heavy (non-hydrogen) atoms. The van der Waals surface area contributed by atoms with Crippen LogP contribution >= 0.6 is 0 Å². The van der Waals surface area contributed by atoms with Gasteiger partial charge in [0.1, 0.15) is 11.3 Å². The second-order valence-electron chi connectivity index (χ2n) is 5.81. The predicted octanol–water partition coefficient (Wildman–Crippen LogP) is 2.05. The average Bonchev–Trinajstić information content (AvgIpc) is 2.85. The van der Waals surface area contributed by atoms with Gasteiger partial charge >= 0.3 is 12.1 Å². The fourth-order valence-electron chi connectivity index (χ4n) is 2.08. The van der Waals surface area contributed by atoms with Crippen LogP contribution in [0, 0.1) is 0 Å². The highest BCUT2D eigenvalue weighted by molar-refractivity contribution is 6.27. The number of hydrogen-bond acceptors (Lipinski definition) is 6. The Labute approximate surface area is 129 Å². The van der Waals surface area contributed by atoms with Gasteiger partial charge in [-0.2, -0.15) is 5.10 Å². The molecule has 1 amide bonds. The molecule has 2 aliphatic heterocycles. The van der Waals surface area contributed by atoms with Crippen molar-refractivity contribution >= 4 is 24.0 Å². The lowest BCUT2D eigenvalue weighted by molar-refractivity contribution is -0.146. The third-order valence-electron chi connectivity index (χ3n) is 2.93. The lowest BCUT2D eigenvalue weighted by atomic mass is 9.99. The number of carbonyl (C=O) groups is 2. The van der Waals surface area contributed by atoms with Gasteiger partial charge in [0.15, 0.2) is 6.04 Å². The van der Waals surface area contributed by atoms with Crippen LogP contribution in [-0.4, -0.2) is 47.1 Å². The van der Waals surface area contributed by atoms with Crippen LogP contribution in [-0.2, 0) is 14.3 Å². The Morgan fingerprint density at radius 2 is 2.09 bits per heavy atom. The second-order valence-corrected chi connectivity index (χ2v) is 5.81. The monoisotopic (exact) mass is 305 g/mol. The van der Waals surface area contributed by atoms with Crippen molar-refractivity contribution in [3.8, 4) is 0 Å². The normalized spacial score (nSPS) is 20.3. The zero-order valence-electron chi connectivity index (χ0n) is 13.1. The summed E-state index contributed by atoms with van der Waals surface area (Å²) in [5.74, 6) is -0.554. The molecule has 0 aromatic rings. The number of allylic oxidation sites excluding steroid dienone is 1. The minimum atomic E-state index is -0.944. The van der Waals surface area contributed by atoms with Gasteiger partial charge in [-0.05, 0) is 33.8 Å². The van der Waals surface area contributed by atoms with E-state index in [1.807, 2.05) is 0 Å². The fourth-order valence-corrected chi connectivity index (χ4v) is 2.08. The highest BCUT2D eigenvalue weighted by Gasteiger charge is 2.40. The second kappa shape index (κ2) is 5.75. The van der Waals surface area contributed by atoms with E-state index in [0.29, 0.717) is 11.3 Å². The number of fused-ring (bicyclic) bond motifs is 1. The summed E-state index contributed by atoms with van der Waals surface area (Å²) >= 11 is 0. The quantitative estimate of drug-likeness (QED) is 0.731. The molecule has 0 aromatic heterocycles. The van der Waals surface area contributed by atoms with Crippen LogP contribution in [0.4, 0.5) is 4.79 Å². The van der Waals surface area contributed by atoms with Gasteiger partial charge in [-0.15, -0.1) is 5.10 Å². The summed E-state index contributed by atoms with van der Waals surface area (Å²) in [6.45, 7) is 11.0. The van der Waals surface area contributed by atoms with Crippen molar-refractivity contribution in [3.63, 3.8) is 0 Å². The molecule has 7 heteroatoms. The average molecular weight is 305 g/mol. The van der Waals surface area contributed by atoms with Gasteiger partial charge < -0.3 is 9.47 Å². The Kier molecular flexibility index (Phi) is 4.16. The topological polar surface area (TPSA) is 80.6 Å². The van der Waals surface area contributed by atoms with Crippen LogP contribution in [0.5, 0.6) is 0 Å². The van der Waals surface area contributed by atoms with E-state index in [4.69, 9.17) is 9.47 Å². The third kappa shape index (κ3) is 3.08. The van der Waals surface area contributed by atoms with Gasteiger partial charge in [0, 0.05) is 5.57 Å². The third-order valence-corrected chi connectivity index (χ3v) is 2.93. The zero-order valence-corrected chi connectivity index (χ0v) is 13.1. The van der Waals surface area contributed by atoms with Gasteiger partial charge in [0.2, 0.25) is 0 Å². The van der Waals surface area contributed by atoms with E-state index >= 15 is 0 Å². The van der Waals surface area contributed by atoms with E-state index in [1.54, 1.807) is 33.8 Å². The van der Waals surface area contributed by atoms with Crippen molar-refractivity contribution in [1.29, 1.82) is 0 Å². The van der Waals surface area contributed by atoms with Gasteiger partial charge in [-0.3, -0.25) is 4.90 Å². The first kappa shape index (κ1) is 15.9. The van der Waals surface area contributed by atoms with Gasteiger partial charge in [-0.1, -0.05) is 6.58 Å². The Hall–Kier alpha value is -2.44. The summed E-state index contributed by atoms with van der Waals surface area (Å²) in [6, 6.07) is -0.944.